The fourth-order valence-electron chi connectivity index (χ4n) is 1.35. The summed E-state index contributed by atoms with van der Waals surface area (Å²) in [5.74, 6) is 0. The molecule has 0 N–H and O–H groups in total. The second kappa shape index (κ2) is 3.92. The van der Waals surface area contributed by atoms with Crippen molar-refractivity contribution >= 4 is 45.6 Å². The van der Waals surface area contributed by atoms with Crippen molar-refractivity contribution in [3.63, 3.8) is 0 Å². The molecular formula is C6Cl2N4O6. The maximum Gasteiger partial charge on any atom is 0.405 e. The zero-order valence-corrected chi connectivity index (χ0v) is 9.51. The van der Waals surface area contributed by atoms with Gasteiger partial charge in [0, 0.05) is 0 Å². The summed E-state index contributed by atoms with van der Waals surface area (Å²) in [5.41, 5.74) is -3.29. The van der Waals surface area contributed by atoms with Crippen LogP contribution in [0.2, 0.25) is 10.0 Å². The molecule has 0 bridgehead atoms. The smallest absolute Gasteiger partial charge is 0.359 e. The van der Waals surface area contributed by atoms with Gasteiger partial charge in [0.1, 0.15) is 10.0 Å². The molecule has 0 saturated carbocycles. The van der Waals surface area contributed by atoms with Crippen LogP contribution in [0.3, 0.4) is 0 Å². The highest BCUT2D eigenvalue weighted by Gasteiger charge is 2.40. The van der Waals surface area contributed by atoms with Crippen LogP contribution in [0.5, 0.6) is 0 Å². The summed E-state index contributed by atoms with van der Waals surface area (Å²) < 4.78 is 4.12. The Morgan fingerprint density at radius 1 is 1.11 bits per heavy atom. The predicted octanol–water partition coefficient (Wildman–Crippen LogP) is 1.58. The maximum atomic E-state index is 11.2. The van der Waals surface area contributed by atoms with Crippen LogP contribution in [0.4, 0.5) is 11.4 Å². The lowest BCUT2D eigenvalue weighted by atomic mass is 10.2. The monoisotopic (exact) mass is 294 g/mol. The predicted molar refractivity (Wildman–Crippen MR) is 56.3 cm³/mol. The third kappa shape index (κ3) is 1.50. The van der Waals surface area contributed by atoms with Gasteiger partial charge in [-0.3, -0.25) is 24.9 Å². The van der Waals surface area contributed by atoms with Gasteiger partial charge < -0.3 is 5.21 Å². The minimum Gasteiger partial charge on any atom is -0.359 e. The SMILES string of the molecule is O=[N+]([O-])c1c(Cl)c(Cl)c2c(no[n+]2[O-])c1[N+](=O)[O-]. The van der Waals surface area contributed by atoms with Crippen LogP contribution >= 0.6 is 23.2 Å². The third-order valence-corrected chi connectivity index (χ3v) is 2.87. The molecule has 0 aliphatic carbocycles. The molecule has 10 nitrogen and oxygen atoms in total. The Bertz CT molecular complexity index is 697. The van der Waals surface area contributed by atoms with Gasteiger partial charge in [-0.05, 0) is 4.90 Å². The summed E-state index contributed by atoms with van der Waals surface area (Å²) >= 11 is 11.2. The molecule has 0 unspecified atom stereocenters. The van der Waals surface area contributed by atoms with Gasteiger partial charge in [-0.2, -0.15) is 0 Å². The van der Waals surface area contributed by atoms with E-state index in [4.69, 9.17) is 23.2 Å². The summed E-state index contributed by atoms with van der Waals surface area (Å²) in [5, 5.41) is 34.5. The molecule has 0 amide bonds. The summed E-state index contributed by atoms with van der Waals surface area (Å²) in [6.07, 6.45) is 0. The van der Waals surface area contributed by atoms with Crippen LogP contribution in [-0.2, 0) is 0 Å². The number of hydrogen-bond donors (Lipinski definition) is 0. The summed E-state index contributed by atoms with van der Waals surface area (Å²) in [6, 6.07) is 0. The lowest BCUT2D eigenvalue weighted by Gasteiger charge is -1.98. The average Bonchev–Trinajstić information content (AvgIpc) is 2.64. The number of aromatic nitrogens is 2. The zero-order valence-electron chi connectivity index (χ0n) is 7.99. The second-order valence-corrected chi connectivity index (χ2v) is 3.72. The minimum atomic E-state index is -1.09. The molecule has 1 heterocycles. The van der Waals surface area contributed by atoms with Crippen LogP contribution in [0.1, 0.15) is 0 Å². The highest BCUT2D eigenvalue weighted by molar-refractivity contribution is 6.46. The van der Waals surface area contributed by atoms with Gasteiger partial charge in [-0.1, -0.05) is 23.2 Å². The Labute approximate surface area is 106 Å². The molecule has 0 aliphatic rings. The van der Waals surface area contributed by atoms with Gasteiger partial charge in [-0.15, -0.1) is 0 Å². The number of nitro groups is 2. The van der Waals surface area contributed by atoms with Crippen LogP contribution in [-0.4, -0.2) is 15.0 Å². The average molecular weight is 295 g/mol. The van der Waals surface area contributed by atoms with Crippen molar-refractivity contribution < 1.29 is 19.4 Å². The first-order valence-corrected chi connectivity index (χ1v) is 4.81. The largest absolute Gasteiger partial charge is 0.405 e. The van der Waals surface area contributed by atoms with E-state index in [1.54, 1.807) is 0 Å². The molecule has 0 radical (unpaired) electrons. The lowest BCUT2D eigenvalue weighted by Crippen LogP contribution is -2.23. The van der Waals surface area contributed by atoms with Crippen molar-refractivity contribution in [3.8, 4) is 0 Å². The molecule has 2 rings (SSSR count). The van der Waals surface area contributed by atoms with E-state index in [0.29, 0.717) is 0 Å². The standard InChI is InChI=1S/C6Cl2N4O6/c7-1-2(8)5(10(13)14)6(11(15)16)3-4(1)12(17)18-9-3. The fourth-order valence-corrected chi connectivity index (χ4v) is 1.85. The Morgan fingerprint density at radius 3 is 2.17 bits per heavy atom. The van der Waals surface area contributed by atoms with E-state index < -0.39 is 42.3 Å². The molecule has 0 spiro atoms. The van der Waals surface area contributed by atoms with Gasteiger partial charge in [0.25, 0.3) is 5.52 Å². The summed E-state index contributed by atoms with van der Waals surface area (Å²) in [4.78, 5) is 19.2. The van der Waals surface area contributed by atoms with Crippen LogP contribution in [0.25, 0.3) is 11.0 Å². The van der Waals surface area contributed by atoms with E-state index in [2.05, 4.69) is 9.79 Å². The fraction of sp³-hybridized carbons (Fsp3) is 0. The van der Waals surface area contributed by atoms with E-state index >= 15 is 0 Å². The zero-order chi connectivity index (χ0) is 13.6. The van der Waals surface area contributed by atoms with Crippen LogP contribution in [0.15, 0.2) is 4.63 Å². The van der Waals surface area contributed by atoms with Crippen molar-refractivity contribution in [3.05, 3.63) is 35.5 Å². The van der Waals surface area contributed by atoms with Gasteiger partial charge in [0.2, 0.25) is 0 Å². The Hall–Kier alpha value is -2.20. The number of nitro benzene ring substituents is 2. The number of benzene rings is 1. The first kappa shape index (κ1) is 12.3. The third-order valence-electron chi connectivity index (χ3n) is 2.04. The molecule has 0 fully saturated rings. The van der Waals surface area contributed by atoms with Crippen molar-refractivity contribution in [2.24, 2.45) is 0 Å². The lowest BCUT2D eigenvalue weighted by molar-refractivity contribution is -0.782. The second-order valence-electron chi connectivity index (χ2n) is 2.97. The summed E-state index contributed by atoms with van der Waals surface area (Å²) in [7, 11) is 0. The minimum absolute atomic E-state index is 0.222. The van der Waals surface area contributed by atoms with Gasteiger partial charge in [0.15, 0.2) is 0 Å². The topological polar surface area (TPSA) is 139 Å². The summed E-state index contributed by atoms with van der Waals surface area (Å²) in [6.45, 7) is 0. The molecule has 94 valence electrons. The molecular weight excluding hydrogens is 295 g/mol. The van der Waals surface area contributed by atoms with Crippen molar-refractivity contribution in [2.45, 2.75) is 0 Å². The quantitative estimate of drug-likeness (QED) is 0.465. The molecule has 0 atom stereocenters. The highest BCUT2D eigenvalue weighted by Crippen LogP contribution is 2.44. The van der Waals surface area contributed by atoms with Gasteiger partial charge in [-0.25, -0.2) is 0 Å². The molecule has 1 aromatic heterocycles. The molecule has 12 heteroatoms. The van der Waals surface area contributed by atoms with E-state index in [0.717, 1.165) is 0 Å². The van der Waals surface area contributed by atoms with E-state index in [-0.39, 0.29) is 4.90 Å². The number of rotatable bonds is 2. The Morgan fingerprint density at radius 2 is 1.67 bits per heavy atom. The van der Waals surface area contributed by atoms with Crippen molar-refractivity contribution in [2.75, 3.05) is 0 Å². The Kier molecular flexibility index (Phi) is 2.67. The van der Waals surface area contributed by atoms with E-state index in [1.807, 2.05) is 0 Å². The number of halogens is 2. The van der Waals surface area contributed by atoms with Crippen LogP contribution in [0, 0.1) is 25.4 Å². The number of hydrogen-bond acceptors (Lipinski definition) is 7. The highest BCUT2D eigenvalue weighted by atomic mass is 35.5. The first-order valence-electron chi connectivity index (χ1n) is 4.05. The van der Waals surface area contributed by atoms with Gasteiger partial charge >= 0.3 is 16.9 Å². The maximum absolute atomic E-state index is 11.2. The molecule has 18 heavy (non-hydrogen) atoms. The van der Waals surface area contributed by atoms with Gasteiger partial charge in [0.05, 0.1) is 15.0 Å². The molecule has 1 aromatic carbocycles. The normalized spacial score (nSPS) is 10.8. The Balaban J connectivity index is 3.09. The first-order chi connectivity index (χ1) is 8.36. The van der Waals surface area contributed by atoms with Crippen LogP contribution < -0.4 is 4.90 Å². The van der Waals surface area contributed by atoms with Crippen molar-refractivity contribution in [1.29, 1.82) is 0 Å². The molecule has 0 aliphatic heterocycles. The van der Waals surface area contributed by atoms with Crippen molar-refractivity contribution in [1.82, 2.24) is 5.16 Å². The van der Waals surface area contributed by atoms with E-state index in [1.165, 1.54) is 0 Å². The molecule has 2 aromatic rings. The van der Waals surface area contributed by atoms with E-state index in [9.17, 15) is 25.4 Å². The number of nitrogens with zero attached hydrogens (tertiary/aromatic N) is 4. The molecule has 0 saturated heterocycles. The number of fused-ring (bicyclic) bond motifs is 1.